The molecule has 0 aromatic heterocycles. The van der Waals surface area contributed by atoms with Crippen LogP contribution in [0.15, 0.2) is 48.5 Å². The molecule has 1 unspecified atom stereocenters. The number of benzene rings is 2. The fourth-order valence-corrected chi connectivity index (χ4v) is 3.88. The molecule has 2 aromatic rings. The fourth-order valence-electron chi connectivity index (χ4n) is 3.88. The summed E-state index contributed by atoms with van der Waals surface area (Å²) in [5.41, 5.74) is 3.67. The predicted octanol–water partition coefficient (Wildman–Crippen LogP) is 3.74. The molecule has 2 aliphatic heterocycles. The third-order valence-electron chi connectivity index (χ3n) is 5.27. The largest absolute Gasteiger partial charge is 0.497 e. The van der Waals surface area contributed by atoms with Crippen molar-refractivity contribution in [3.63, 3.8) is 0 Å². The topological polar surface area (TPSA) is 21.7 Å². The highest BCUT2D eigenvalue weighted by atomic mass is 16.5. The van der Waals surface area contributed by atoms with E-state index in [1.807, 2.05) is 6.07 Å². The number of hydrogen-bond donors (Lipinski definition) is 0. The maximum atomic E-state index is 6.71. The average molecular weight is 309 g/mol. The van der Waals surface area contributed by atoms with Crippen molar-refractivity contribution in [1.82, 2.24) is 4.90 Å². The summed E-state index contributed by atoms with van der Waals surface area (Å²) >= 11 is 0. The second kappa shape index (κ2) is 5.66. The van der Waals surface area contributed by atoms with Crippen LogP contribution in [0.1, 0.15) is 35.6 Å². The molecule has 120 valence electrons. The van der Waals surface area contributed by atoms with E-state index in [9.17, 15) is 0 Å². The van der Waals surface area contributed by atoms with E-state index in [0.29, 0.717) is 0 Å². The van der Waals surface area contributed by atoms with Gasteiger partial charge in [0.1, 0.15) is 11.9 Å². The van der Waals surface area contributed by atoms with Crippen LogP contribution in [0.3, 0.4) is 0 Å². The van der Waals surface area contributed by atoms with Crippen LogP contribution in [-0.4, -0.2) is 32.1 Å². The molecule has 0 aliphatic carbocycles. The van der Waals surface area contributed by atoms with Crippen LogP contribution in [0.5, 0.6) is 5.75 Å². The number of piperidine rings is 1. The van der Waals surface area contributed by atoms with Crippen LogP contribution in [0.2, 0.25) is 0 Å². The van der Waals surface area contributed by atoms with Crippen molar-refractivity contribution in [2.75, 3.05) is 27.2 Å². The molecule has 2 heterocycles. The number of rotatable bonds is 2. The Hall–Kier alpha value is -1.84. The van der Waals surface area contributed by atoms with Crippen molar-refractivity contribution >= 4 is 0 Å². The van der Waals surface area contributed by atoms with Gasteiger partial charge in [0.15, 0.2) is 0 Å². The smallest absolute Gasteiger partial charge is 0.119 e. The lowest BCUT2D eigenvalue weighted by atomic mass is 9.83. The number of hydrogen-bond acceptors (Lipinski definition) is 3. The monoisotopic (exact) mass is 309 g/mol. The summed E-state index contributed by atoms with van der Waals surface area (Å²) in [5.74, 6) is 0.916. The summed E-state index contributed by atoms with van der Waals surface area (Å²) in [4.78, 5) is 2.38. The first-order chi connectivity index (χ1) is 11.2. The number of likely N-dealkylation sites (tertiary alicyclic amines) is 1. The van der Waals surface area contributed by atoms with Crippen LogP contribution < -0.4 is 4.74 Å². The fraction of sp³-hybridized carbons (Fsp3) is 0.400. The quantitative estimate of drug-likeness (QED) is 0.843. The lowest BCUT2D eigenvalue weighted by molar-refractivity contribution is -0.0941. The minimum Gasteiger partial charge on any atom is -0.497 e. The maximum Gasteiger partial charge on any atom is 0.119 e. The molecule has 3 nitrogen and oxygen atoms in total. The Balaban J connectivity index is 1.80. The number of methoxy groups -OCH3 is 1. The van der Waals surface area contributed by atoms with Gasteiger partial charge in [-0.25, -0.2) is 0 Å². The molecule has 1 spiro atoms. The van der Waals surface area contributed by atoms with E-state index in [4.69, 9.17) is 9.47 Å². The SMILES string of the molecule is COc1ccc2c(c1)C1(CCN(C)CC1)OC2c1ccccc1. The van der Waals surface area contributed by atoms with Gasteiger partial charge in [0.25, 0.3) is 0 Å². The Morgan fingerprint density at radius 3 is 2.52 bits per heavy atom. The van der Waals surface area contributed by atoms with Crippen LogP contribution in [0, 0.1) is 0 Å². The predicted molar refractivity (Wildman–Crippen MR) is 90.8 cm³/mol. The molecule has 1 fully saturated rings. The summed E-state index contributed by atoms with van der Waals surface area (Å²) in [6, 6.07) is 17.0. The van der Waals surface area contributed by atoms with Crippen molar-refractivity contribution < 1.29 is 9.47 Å². The van der Waals surface area contributed by atoms with Gasteiger partial charge in [-0.3, -0.25) is 0 Å². The lowest BCUT2D eigenvalue weighted by Gasteiger charge is -2.38. The van der Waals surface area contributed by atoms with E-state index in [0.717, 1.165) is 31.7 Å². The standard InChI is InChI=1S/C20H23NO2/c1-21-12-10-20(11-13-21)18-14-16(22-2)8-9-17(18)19(23-20)15-6-4-3-5-7-15/h3-9,14,19H,10-13H2,1-2H3. The minimum atomic E-state index is -0.170. The summed E-state index contributed by atoms with van der Waals surface area (Å²) in [5, 5.41) is 0. The van der Waals surface area contributed by atoms with Crippen LogP contribution >= 0.6 is 0 Å². The molecular formula is C20H23NO2. The van der Waals surface area contributed by atoms with E-state index < -0.39 is 0 Å². The Morgan fingerprint density at radius 1 is 1.09 bits per heavy atom. The third-order valence-corrected chi connectivity index (χ3v) is 5.27. The van der Waals surface area contributed by atoms with E-state index in [2.05, 4.69) is 54.4 Å². The molecule has 1 atom stereocenters. The van der Waals surface area contributed by atoms with E-state index in [-0.39, 0.29) is 11.7 Å². The summed E-state index contributed by atoms with van der Waals surface area (Å²) in [7, 11) is 3.91. The van der Waals surface area contributed by atoms with Crippen molar-refractivity contribution in [3.05, 3.63) is 65.2 Å². The molecule has 0 amide bonds. The van der Waals surface area contributed by atoms with Gasteiger partial charge >= 0.3 is 0 Å². The Bertz CT molecular complexity index is 690. The molecule has 0 radical (unpaired) electrons. The zero-order valence-corrected chi connectivity index (χ0v) is 13.8. The van der Waals surface area contributed by atoms with Crippen molar-refractivity contribution in [2.24, 2.45) is 0 Å². The van der Waals surface area contributed by atoms with Gasteiger partial charge in [0.05, 0.1) is 12.7 Å². The van der Waals surface area contributed by atoms with Crippen molar-refractivity contribution in [2.45, 2.75) is 24.5 Å². The zero-order chi connectivity index (χ0) is 15.9. The molecular weight excluding hydrogens is 286 g/mol. The molecule has 0 saturated carbocycles. The van der Waals surface area contributed by atoms with Crippen molar-refractivity contribution in [1.29, 1.82) is 0 Å². The van der Waals surface area contributed by atoms with Gasteiger partial charge in [-0.15, -0.1) is 0 Å². The second-order valence-electron chi connectivity index (χ2n) is 6.66. The van der Waals surface area contributed by atoms with Crippen LogP contribution in [-0.2, 0) is 10.3 Å². The highest BCUT2D eigenvalue weighted by Crippen LogP contribution is 2.52. The number of fused-ring (bicyclic) bond motifs is 2. The van der Waals surface area contributed by atoms with Gasteiger partial charge in [0.2, 0.25) is 0 Å². The van der Waals surface area contributed by atoms with Gasteiger partial charge in [-0.1, -0.05) is 36.4 Å². The Morgan fingerprint density at radius 2 is 1.83 bits per heavy atom. The molecule has 3 heteroatoms. The van der Waals surface area contributed by atoms with E-state index in [1.54, 1.807) is 7.11 Å². The molecule has 2 aliphatic rings. The molecule has 2 aromatic carbocycles. The summed E-state index contributed by atoms with van der Waals surface area (Å²) in [6.07, 6.45) is 2.10. The first kappa shape index (κ1) is 14.7. The lowest BCUT2D eigenvalue weighted by Crippen LogP contribution is -2.40. The average Bonchev–Trinajstić information content (AvgIpc) is 2.92. The van der Waals surface area contributed by atoms with E-state index >= 15 is 0 Å². The normalized spacial score (nSPS) is 23.0. The van der Waals surface area contributed by atoms with Gasteiger partial charge < -0.3 is 14.4 Å². The van der Waals surface area contributed by atoms with Crippen LogP contribution in [0.4, 0.5) is 0 Å². The number of nitrogens with zero attached hydrogens (tertiary/aromatic N) is 1. The molecule has 0 N–H and O–H groups in total. The highest BCUT2D eigenvalue weighted by molar-refractivity contribution is 5.47. The van der Waals surface area contributed by atoms with Crippen molar-refractivity contribution in [3.8, 4) is 5.75 Å². The van der Waals surface area contributed by atoms with E-state index in [1.165, 1.54) is 16.7 Å². The Kier molecular flexibility index (Phi) is 3.63. The third kappa shape index (κ3) is 2.44. The first-order valence-corrected chi connectivity index (χ1v) is 8.32. The number of ether oxygens (including phenoxy) is 2. The first-order valence-electron chi connectivity index (χ1n) is 8.32. The second-order valence-corrected chi connectivity index (χ2v) is 6.66. The van der Waals surface area contributed by atoms with Gasteiger partial charge in [-0.2, -0.15) is 0 Å². The summed E-state index contributed by atoms with van der Waals surface area (Å²) in [6.45, 7) is 2.14. The zero-order valence-electron chi connectivity index (χ0n) is 13.8. The molecule has 0 bridgehead atoms. The maximum absolute atomic E-state index is 6.71. The molecule has 4 rings (SSSR count). The Labute approximate surface area is 137 Å². The molecule has 23 heavy (non-hydrogen) atoms. The van der Waals surface area contributed by atoms with Crippen LogP contribution in [0.25, 0.3) is 0 Å². The summed E-state index contributed by atoms with van der Waals surface area (Å²) < 4.78 is 12.2. The minimum absolute atomic E-state index is 0.0283. The highest BCUT2D eigenvalue weighted by Gasteiger charge is 2.46. The van der Waals surface area contributed by atoms with Gasteiger partial charge in [-0.05, 0) is 48.7 Å². The molecule has 1 saturated heterocycles. The van der Waals surface area contributed by atoms with Gasteiger partial charge in [0, 0.05) is 13.1 Å².